The molecule has 0 aliphatic rings. The molecule has 0 aromatic heterocycles. The second kappa shape index (κ2) is 6.11. The van der Waals surface area contributed by atoms with Gasteiger partial charge in [-0.2, -0.15) is 38.4 Å². The molecule has 18 heavy (non-hydrogen) atoms. The fourth-order valence-electron chi connectivity index (χ4n) is 0.126. The van der Waals surface area contributed by atoms with Gasteiger partial charge in [0.05, 0.1) is 12.5 Å². The molecule has 9 nitrogen and oxygen atoms in total. The van der Waals surface area contributed by atoms with Crippen molar-refractivity contribution in [3.05, 3.63) is 0 Å². The molecule has 0 saturated heterocycles. The monoisotopic (exact) mass is 340 g/mol. The molecule has 0 amide bonds. The minimum atomic E-state index is -6.03. The molecule has 0 aromatic rings. The van der Waals surface area contributed by atoms with Gasteiger partial charge in [0, 0.05) is 0 Å². The van der Waals surface area contributed by atoms with Gasteiger partial charge in [-0.05, 0) is 0 Å². The maximum Gasteiger partial charge on any atom is 0.525 e. The van der Waals surface area contributed by atoms with Crippen molar-refractivity contribution < 1.29 is 51.6 Å². The predicted octanol–water partition coefficient (Wildman–Crippen LogP) is -0.752. The summed E-state index contributed by atoms with van der Waals surface area (Å²) in [6, 6.07) is 0. The van der Waals surface area contributed by atoms with Crippen LogP contribution in [0.3, 0.4) is 0 Å². The van der Waals surface area contributed by atoms with E-state index in [1.54, 1.807) is 0 Å². The fraction of sp³-hybridized carbons (Fsp3) is 1.00. The zero-order chi connectivity index (χ0) is 15.4. The minimum Gasteiger partial charge on any atom is -0.286 e. The van der Waals surface area contributed by atoms with Crippen LogP contribution in [0, 0.1) is 0 Å². The summed E-state index contributed by atoms with van der Waals surface area (Å²) < 4.78 is 106. The van der Waals surface area contributed by atoms with Crippen LogP contribution in [0.1, 0.15) is 0 Å². The third-order valence-electron chi connectivity index (χ3n) is 0.524. The first-order valence-electron chi connectivity index (χ1n) is 3.27. The lowest BCUT2D eigenvalue weighted by Gasteiger charge is -2.04. The van der Waals surface area contributed by atoms with Gasteiger partial charge in [0.25, 0.3) is 20.2 Å². The highest BCUT2D eigenvalue weighted by atomic mass is 32.2. The topological polar surface area (TPSA) is 141 Å². The van der Waals surface area contributed by atoms with Crippen LogP contribution >= 0.6 is 0 Å². The third-order valence-corrected chi connectivity index (χ3v) is 1.74. The summed E-state index contributed by atoms with van der Waals surface area (Å²) in [5.74, 6) is 0. The van der Waals surface area contributed by atoms with E-state index in [-0.39, 0.29) is 0 Å². The van der Waals surface area contributed by atoms with Crippen LogP contribution in [0.4, 0.5) is 13.2 Å². The summed E-state index contributed by atoms with van der Waals surface area (Å²) in [5, 5.41) is 0. The summed E-state index contributed by atoms with van der Waals surface area (Å²) in [6.45, 7) is 0. The van der Waals surface area contributed by atoms with Crippen molar-refractivity contribution in [2.45, 2.75) is 5.51 Å². The van der Waals surface area contributed by atoms with Crippen molar-refractivity contribution in [2.24, 2.45) is 0 Å². The Morgan fingerprint density at radius 3 is 1.33 bits per heavy atom. The van der Waals surface area contributed by atoms with Crippen LogP contribution in [-0.4, -0.2) is 47.8 Å². The summed E-state index contributed by atoms with van der Waals surface area (Å²) >= 11 is 0. The molecule has 0 bridgehead atoms. The van der Waals surface area contributed by atoms with E-state index in [4.69, 9.17) is 4.55 Å². The van der Waals surface area contributed by atoms with Gasteiger partial charge in [0.15, 0.2) is 0 Å². The number of hydrogen-bond donors (Lipinski definition) is 1. The lowest BCUT2D eigenvalue weighted by atomic mass is 11.6. The first kappa shape index (κ1) is 19.9. The molecule has 0 radical (unpaired) electrons. The van der Waals surface area contributed by atoms with Gasteiger partial charge in [0.1, 0.15) is 0 Å². The molecule has 0 spiro atoms. The van der Waals surface area contributed by atoms with E-state index in [0.29, 0.717) is 12.5 Å². The Balaban J connectivity index is 0. The number of alkyl halides is 3. The Bertz CT molecular complexity index is 544. The van der Waals surface area contributed by atoms with E-state index in [1.165, 1.54) is 0 Å². The van der Waals surface area contributed by atoms with Gasteiger partial charge in [-0.25, -0.2) is 0 Å². The molecule has 1 N–H and O–H groups in total. The predicted molar refractivity (Wildman–Crippen MR) is 49.5 cm³/mol. The zero-order valence-corrected chi connectivity index (χ0v) is 11.0. The smallest absolute Gasteiger partial charge is 0.286 e. The Kier molecular flexibility index (Phi) is 6.74. The van der Waals surface area contributed by atoms with Gasteiger partial charge in [-0.1, -0.05) is 8.67 Å². The molecule has 0 unspecified atom stereocenters. The van der Waals surface area contributed by atoms with Crippen LogP contribution in [0.2, 0.25) is 0 Å². The first-order valence-corrected chi connectivity index (χ1v) is 8.34. The average Bonchev–Trinajstić information content (AvgIpc) is 1.94. The van der Waals surface area contributed by atoms with Gasteiger partial charge >= 0.3 is 15.6 Å². The van der Waals surface area contributed by atoms with Crippen molar-refractivity contribution in [1.82, 2.24) is 0 Å². The Labute approximate surface area is 100 Å². The second-order valence-electron chi connectivity index (χ2n) is 2.47. The standard InChI is InChI=1S/C2H3F3O6S2.CH4O3S/c1-12(6,7)10-11-13(8,9)2(3,4)5;1-5(2,3)4/h1H3;1H3,(H,2,3,4). The van der Waals surface area contributed by atoms with Crippen LogP contribution in [0.15, 0.2) is 0 Å². The van der Waals surface area contributed by atoms with E-state index in [1.807, 2.05) is 0 Å². The van der Waals surface area contributed by atoms with Crippen LogP contribution in [0.25, 0.3) is 0 Å². The molecular formula is C3H7F3O9S3. The maximum absolute atomic E-state index is 11.4. The molecule has 0 rings (SSSR count). The molecule has 0 fully saturated rings. The van der Waals surface area contributed by atoms with E-state index < -0.39 is 35.9 Å². The van der Waals surface area contributed by atoms with Crippen molar-refractivity contribution in [3.8, 4) is 0 Å². The SMILES string of the molecule is CS(=O)(=O)O.CS(=O)(=O)OOS(=O)(=O)C(F)(F)F. The second-order valence-corrected chi connectivity index (χ2v) is 6.99. The molecular weight excluding hydrogens is 333 g/mol. The Morgan fingerprint density at radius 1 is 0.889 bits per heavy atom. The summed E-state index contributed by atoms with van der Waals surface area (Å²) in [5.41, 5.74) is -5.72. The molecule has 112 valence electrons. The van der Waals surface area contributed by atoms with Crippen molar-refractivity contribution >= 4 is 30.4 Å². The quantitative estimate of drug-likeness (QED) is 0.304. The zero-order valence-electron chi connectivity index (χ0n) is 8.57. The fourth-order valence-corrected chi connectivity index (χ4v) is 0.899. The van der Waals surface area contributed by atoms with Gasteiger partial charge < -0.3 is 0 Å². The molecule has 0 aliphatic heterocycles. The highest BCUT2D eigenvalue weighted by Gasteiger charge is 2.49. The Hall–Kier alpha value is -0.480. The highest BCUT2D eigenvalue weighted by molar-refractivity contribution is 7.89. The molecule has 0 aromatic carbocycles. The minimum absolute atomic E-state index is 0.318. The van der Waals surface area contributed by atoms with Crippen LogP contribution in [-0.2, 0) is 39.0 Å². The summed E-state index contributed by atoms with van der Waals surface area (Å²) in [4.78, 5) is 0. The molecule has 0 heterocycles. The first-order chi connectivity index (χ1) is 7.46. The molecule has 0 aliphatic carbocycles. The normalized spacial score (nSPS) is 13.7. The average molecular weight is 340 g/mol. The van der Waals surface area contributed by atoms with E-state index in [2.05, 4.69) is 8.67 Å². The Morgan fingerprint density at radius 2 is 1.17 bits per heavy atom. The van der Waals surface area contributed by atoms with E-state index in [0.717, 1.165) is 0 Å². The van der Waals surface area contributed by atoms with Crippen LogP contribution in [0.5, 0.6) is 0 Å². The van der Waals surface area contributed by atoms with Crippen molar-refractivity contribution in [1.29, 1.82) is 0 Å². The van der Waals surface area contributed by atoms with E-state index >= 15 is 0 Å². The third kappa shape index (κ3) is 13.6. The van der Waals surface area contributed by atoms with Gasteiger partial charge in [0.2, 0.25) is 0 Å². The maximum atomic E-state index is 11.4. The van der Waals surface area contributed by atoms with Crippen LogP contribution < -0.4 is 0 Å². The van der Waals surface area contributed by atoms with Gasteiger partial charge in [-0.15, -0.1) is 0 Å². The van der Waals surface area contributed by atoms with E-state index in [9.17, 15) is 38.4 Å². The number of hydrogen-bond acceptors (Lipinski definition) is 8. The lowest BCUT2D eigenvalue weighted by Crippen LogP contribution is -2.26. The largest absolute Gasteiger partial charge is 0.525 e. The lowest BCUT2D eigenvalue weighted by molar-refractivity contribution is -0.123. The van der Waals surface area contributed by atoms with Gasteiger partial charge in [-0.3, -0.25) is 4.55 Å². The molecule has 15 heteroatoms. The summed E-state index contributed by atoms with van der Waals surface area (Å²) in [6.07, 6.45) is 1.03. The van der Waals surface area contributed by atoms with Crippen molar-refractivity contribution in [3.63, 3.8) is 0 Å². The molecule has 0 atom stereocenters. The number of rotatable bonds is 3. The molecule has 0 saturated carbocycles. The summed E-state index contributed by atoms with van der Waals surface area (Å²) in [7, 11) is -14.1. The number of halogens is 3. The highest BCUT2D eigenvalue weighted by Crippen LogP contribution is 2.24. The van der Waals surface area contributed by atoms with Crippen molar-refractivity contribution in [2.75, 3.05) is 12.5 Å².